The number of hydrogen-bond donors (Lipinski definition) is 2. The summed E-state index contributed by atoms with van der Waals surface area (Å²) in [4.78, 5) is 1.81. The summed E-state index contributed by atoms with van der Waals surface area (Å²) in [6, 6.07) is 0.512. The van der Waals surface area contributed by atoms with Crippen molar-refractivity contribution < 1.29 is 13.9 Å². The van der Waals surface area contributed by atoms with Crippen molar-refractivity contribution in [2.45, 2.75) is 44.7 Å². The van der Waals surface area contributed by atoms with Crippen molar-refractivity contribution >= 4 is 0 Å². The van der Waals surface area contributed by atoms with Gasteiger partial charge in [-0.25, -0.2) is 8.78 Å². The van der Waals surface area contributed by atoms with Crippen molar-refractivity contribution in [3.63, 3.8) is 0 Å². The van der Waals surface area contributed by atoms with Crippen molar-refractivity contribution in [1.82, 2.24) is 10.2 Å². The van der Waals surface area contributed by atoms with Gasteiger partial charge >= 0.3 is 0 Å². The highest BCUT2D eigenvalue weighted by Gasteiger charge is 2.22. The van der Waals surface area contributed by atoms with Crippen LogP contribution in [0.3, 0.4) is 0 Å². The van der Waals surface area contributed by atoms with Crippen molar-refractivity contribution in [2.24, 2.45) is 0 Å². The molecule has 0 unspecified atom stereocenters. The fraction of sp³-hybridized carbons (Fsp3) is 1.00. The summed E-state index contributed by atoms with van der Waals surface area (Å²) >= 11 is 0. The minimum Gasteiger partial charge on any atom is -0.395 e. The van der Waals surface area contributed by atoms with Gasteiger partial charge in [0, 0.05) is 12.1 Å². The van der Waals surface area contributed by atoms with E-state index in [-0.39, 0.29) is 19.2 Å². The fourth-order valence-electron chi connectivity index (χ4n) is 2.11. The summed E-state index contributed by atoms with van der Waals surface area (Å²) in [5, 5.41) is 12.4. The first-order valence-corrected chi connectivity index (χ1v) is 6.03. The van der Waals surface area contributed by atoms with Crippen LogP contribution >= 0.6 is 0 Å². The predicted molar refractivity (Wildman–Crippen MR) is 59.8 cm³/mol. The van der Waals surface area contributed by atoms with Crippen LogP contribution < -0.4 is 5.32 Å². The van der Waals surface area contributed by atoms with Gasteiger partial charge < -0.3 is 10.4 Å². The summed E-state index contributed by atoms with van der Waals surface area (Å²) in [5.41, 5.74) is 0. The number of rotatable bonds is 6. The average Bonchev–Trinajstić information content (AvgIpc) is 2.27. The predicted octanol–water partition coefficient (Wildman–Crippen LogP) is 1.08. The molecule has 0 aromatic carbocycles. The van der Waals surface area contributed by atoms with E-state index in [1.54, 1.807) is 0 Å². The molecule has 0 aromatic rings. The summed E-state index contributed by atoms with van der Waals surface area (Å²) < 4.78 is 24.3. The Kier molecular flexibility index (Phi) is 6.16. The first-order chi connectivity index (χ1) is 7.65. The van der Waals surface area contributed by atoms with E-state index >= 15 is 0 Å². The zero-order valence-corrected chi connectivity index (χ0v) is 9.83. The largest absolute Gasteiger partial charge is 0.395 e. The fourth-order valence-corrected chi connectivity index (χ4v) is 2.11. The van der Waals surface area contributed by atoms with Gasteiger partial charge in [0.25, 0.3) is 6.43 Å². The Morgan fingerprint density at radius 1 is 1.38 bits per heavy atom. The van der Waals surface area contributed by atoms with Crippen LogP contribution in [-0.4, -0.2) is 54.8 Å². The molecule has 5 heteroatoms. The molecule has 0 saturated carbocycles. The lowest BCUT2D eigenvalue weighted by molar-refractivity contribution is 0.0708. The molecule has 0 amide bonds. The van der Waals surface area contributed by atoms with E-state index in [0.717, 1.165) is 32.4 Å². The van der Waals surface area contributed by atoms with E-state index in [9.17, 15) is 8.78 Å². The third kappa shape index (κ3) is 4.72. The maximum Gasteiger partial charge on any atom is 0.251 e. The van der Waals surface area contributed by atoms with Crippen LogP contribution in [0.5, 0.6) is 0 Å². The summed E-state index contributed by atoms with van der Waals surface area (Å²) in [6.45, 7) is 3.52. The number of aliphatic hydroxyl groups is 1. The first-order valence-electron chi connectivity index (χ1n) is 6.03. The average molecular weight is 236 g/mol. The molecule has 16 heavy (non-hydrogen) atoms. The van der Waals surface area contributed by atoms with Crippen LogP contribution in [0.15, 0.2) is 0 Å². The minimum atomic E-state index is -2.23. The number of nitrogens with one attached hydrogen (secondary N) is 1. The van der Waals surface area contributed by atoms with Gasteiger partial charge in [0.1, 0.15) is 0 Å². The third-order valence-electron chi connectivity index (χ3n) is 3.17. The van der Waals surface area contributed by atoms with Gasteiger partial charge in [-0.15, -0.1) is 0 Å². The Bertz CT molecular complexity index is 181. The van der Waals surface area contributed by atoms with Crippen molar-refractivity contribution in [3.8, 4) is 0 Å². The SMILES string of the molecule is CC[C@H](CO)NC1CCN(CC(F)F)CC1. The standard InChI is InChI=1S/C11H22F2N2O/c1-2-9(8-16)14-10-3-5-15(6-4-10)7-11(12)13/h9-11,14,16H,2-8H2,1H3/t9-/m1/s1. The summed E-state index contributed by atoms with van der Waals surface area (Å²) in [6.07, 6.45) is 0.450. The maximum atomic E-state index is 12.1. The Morgan fingerprint density at radius 3 is 2.44 bits per heavy atom. The third-order valence-corrected chi connectivity index (χ3v) is 3.17. The van der Waals surface area contributed by atoms with E-state index in [0.29, 0.717) is 6.04 Å². The molecule has 96 valence electrons. The molecular weight excluding hydrogens is 214 g/mol. The second-order valence-corrected chi connectivity index (χ2v) is 4.42. The number of hydrogen-bond acceptors (Lipinski definition) is 3. The lowest BCUT2D eigenvalue weighted by atomic mass is 10.0. The summed E-state index contributed by atoms with van der Waals surface area (Å²) in [5.74, 6) is 0. The molecular formula is C11H22F2N2O. The second-order valence-electron chi connectivity index (χ2n) is 4.42. The molecule has 1 aliphatic heterocycles. The Hall–Kier alpha value is -0.260. The van der Waals surface area contributed by atoms with Crippen molar-refractivity contribution in [1.29, 1.82) is 0 Å². The molecule has 0 aromatic heterocycles. The van der Waals surface area contributed by atoms with Gasteiger partial charge in [0.15, 0.2) is 0 Å². The van der Waals surface area contributed by atoms with E-state index < -0.39 is 6.43 Å². The van der Waals surface area contributed by atoms with E-state index in [1.807, 2.05) is 11.8 Å². The molecule has 1 fully saturated rings. The number of nitrogens with zero attached hydrogens (tertiary/aromatic N) is 1. The van der Waals surface area contributed by atoms with Crippen LogP contribution in [0.4, 0.5) is 8.78 Å². The number of likely N-dealkylation sites (tertiary alicyclic amines) is 1. The second kappa shape index (κ2) is 7.14. The molecule has 1 saturated heterocycles. The minimum absolute atomic E-state index is 0.107. The van der Waals surface area contributed by atoms with Gasteiger partial charge in [0.05, 0.1) is 13.2 Å². The number of alkyl halides is 2. The monoisotopic (exact) mass is 236 g/mol. The van der Waals surface area contributed by atoms with Crippen molar-refractivity contribution in [3.05, 3.63) is 0 Å². The van der Waals surface area contributed by atoms with Crippen LogP contribution in [0.25, 0.3) is 0 Å². The zero-order chi connectivity index (χ0) is 12.0. The van der Waals surface area contributed by atoms with E-state index in [2.05, 4.69) is 5.32 Å². The highest BCUT2D eigenvalue weighted by molar-refractivity contribution is 4.80. The number of halogens is 2. The van der Waals surface area contributed by atoms with Gasteiger partial charge in [-0.05, 0) is 32.4 Å². The number of piperidine rings is 1. The molecule has 0 spiro atoms. The molecule has 0 radical (unpaired) electrons. The Labute approximate surface area is 95.8 Å². The van der Waals surface area contributed by atoms with Crippen LogP contribution in [0.2, 0.25) is 0 Å². The van der Waals surface area contributed by atoms with Crippen LogP contribution in [0.1, 0.15) is 26.2 Å². The quantitative estimate of drug-likeness (QED) is 0.724. The highest BCUT2D eigenvalue weighted by Crippen LogP contribution is 2.12. The van der Waals surface area contributed by atoms with Crippen LogP contribution in [0, 0.1) is 0 Å². The van der Waals surface area contributed by atoms with Gasteiger partial charge in [0.2, 0.25) is 0 Å². The number of aliphatic hydroxyl groups excluding tert-OH is 1. The van der Waals surface area contributed by atoms with E-state index in [4.69, 9.17) is 5.11 Å². The zero-order valence-electron chi connectivity index (χ0n) is 9.83. The smallest absolute Gasteiger partial charge is 0.251 e. The van der Waals surface area contributed by atoms with Crippen LogP contribution in [-0.2, 0) is 0 Å². The van der Waals surface area contributed by atoms with Gasteiger partial charge in [-0.1, -0.05) is 6.92 Å². The highest BCUT2D eigenvalue weighted by atomic mass is 19.3. The Morgan fingerprint density at radius 2 is 2.00 bits per heavy atom. The lowest BCUT2D eigenvalue weighted by Crippen LogP contribution is -2.47. The Balaban J connectivity index is 2.21. The first kappa shape index (κ1) is 13.8. The molecule has 2 N–H and O–H groups in total. The summed E-state index contributed by atoms with van der Waals surface area (Å²) in [7, 11) is 0. The molecule has 1 aliphatic rings. The molecule has 0 aliphatic carbocycles. The van der Waals surface area contributed by atoms with Crippen molar-refractivity contribution in [2.75, 3.05) is 26.2 Å². The lowest BCUT2D eigenvalue weighted by Gasteiger charge is -2.33. The molecule has 0 bridgehead atoms. The molecule has 1 atom stereocenters. The van der Waals surface area contributed by atoms with Gasteiger partial charge in [-0.3, -0.25) is 4.90 Å². The van der Waals surface area contributed by atoms with E-state index in [1.165, 1.54) is 0 Å². The normalized spacial score (nSPS) is 21.6. The maximum absolute atomic E-state index is 12.1. The topological polar surface area (TPSA) is 35.5 Å². The van der Waals surface area contributed by atoms with Gasteiger partial charge in [-0.2, -0.15) is 0 Å². The molecule has 3 nitrogen and oxygen atoms in total. The molecule has 1 rings (SSSR count). The molecule has 1 heterocycles.